The van der Waals surface area contributed by atoms with Crippen molar-refractivity contribution in [2.24, 2.45) is 17.8 Å². The van der Waals surface area contributed by atoms with Crippen LogP contribution >= 0.6 is 0 Å². The topological polar surface area (TPSA) is 69.6 Å². The Hall–Kier alpha value is -1.26. The molecule has 3 atom stereocenters. The number of nitrogens with one attached hydrogen (secondary N) is 1. The summed E-state index contributed by atoms with van der Waals surface area (Å²) in [4.78, 5) is 24.8. The predicted molar refractivity (Wildman–Crippen MR) is 69.3 cm³/mol. The first-order chi connectivity index (χ1) is 8.31. The van der Waals surface area contributed by atoms with Gasteiger partial charge in [-0.25, -0.2) is 9.59 Å². The maximum atomic E-state index is 12.1. The Morgan fingerprint density at radius 2 is 1.72 bits per heavy atom. The third kappa shape index (κ3) is 3.89. The molecule has 1 aliphatic rings. The van der Waals surface area contributed by atoms with Gasteiger partial charge < -0.3 is 15.3 Å². The third-order valence-electron chi connectivity index (χ3n) is 3.37. The van der Waals surface area contributed by atoms with Crippen molar-refractivity contribution >= 4 is 12.0 Å². The second-order valence-electron chi connectivity index (χ2n) is 5.86. The summed E-state index contributed by atoms with van der Waals surface area (Å²) in [5.41, 5.74) is 0. The Labute approximate surface area is 109 Å². The fraction of sp³-hybridized carbons (Fsp3) is 0.846. The normalized spacial score (nSPS) is 25.9. The van der Waals surface area contributed by atoms with Crippen molar-refractivity contribution in [3.63, 3.8) is 0 Å². The minimum Gasteiger partial charge on any atom is -0.480 e. The molecule has 1 saturated heterocycles. The van der Waals surface area contributed by atoms with E-state index in [0.29, 0.717) is 24.9 Å². The minimum absolute atomic E-state index is 0.119. The Kier molecular flexibility index (Phi) is 4.99. The van der Waals surface area contributed by atoms with Crippen molar-refractivity contribution in [1.82, 2.24) is 10.2 Å². The highest BCUT2D eigenvalue weighted by Gasteiger charge is 2.29. The van der Waals surface area contributed by atoms with Gasteiger partial charge in [0.05, 0.1) is 0 Å². The number of rotatable bonds is 3. The summed E-state index contributed by atoms with van der Waals surface area (Å²) in [6, 6.07) is -1.07. The van der Waals surface area contributed by atoms with Gasteiger partial charge in [0, 0.05) is 13.1 Å². The Morgan fingerprint density at radius 3 is 2.11 bits per heavy atom. The van der Waals surface area contributed by atoms with Gasteiger partial charge in [-0.05, 0) is 24.2 Å². The molecule has 0 radical (unpaired) electrons. The van der Waals surface area contributed by atoms with Gasteiger partial charge >= 0.3 is 12.0 Å². The summed E-state index contributed by atoms with van der Waals surface area (Å²) in [5.74, 6) is -0.147. The molecule has 5 heteroatoms. The molecule has 1 aliphatic heterocycles. The van der Waals surface area contributed by atoms with E-state index in [1.165, 1.54) is 0 Å². The maximum absolute atomic E-state index is 12.1. The highest BCUT2D eigenvalue weighted by atomic mass is 16.4. The number of likely N-dealkylation sites (tertiary alicyclic amines) is 1. The number of nitrogens with zero attached hydrogens (tertiary/aromatic N) is 1. The number of aliphatic carboxylic acids is 1. The van der Waals surface area contributed by atoms with Crippen molar-refractivity contribution in [3.8, 4) is 0 Å². The van der Waals surface area contributed by atoms with Crippen LogP contribution in [-0.4, -0.2) is 41.1 Å². The highest BCUT2D eigenvalue weighted by Crippen LogP contribution is 2.21. The van der Waals surface area contributed by atoms with Crippen LogP contribution in [0.3, 0.4) is 0 Å². The fourth-order valence-electron chi connectivity index (χ4n) is 2.57. The number of hydrogen-bond donors (Lipinski definition) is 2. The Bertz CT molecular complexity index is 307. The summed E-state index contributed by atoms with van der Waals surface area (Å²) in [6.07, 6.45) is 1.12. The summed E-state index contributed by atoms with van der Waals surface area (Å²) in [6.45, 7) is 9.24. The van der Waals surface area contributed by atoms with Gasteiger partial charge in [-0.1, -0.05) is 27.7 Å². The van der Waals surface area contributed by atoms with Gasteiger partial charge in [0.15, 0.2) is 0 Å². The molecule has 0 aromatic carbocycles. The minimum atomic E-state index is -0.976. The molecular weight excluding hydrogens is 232 g/mol. The number of urea groups is 1. The largest absolute Gasteiger partial charge is 0.480 e. The van der Waals surface area contributed by atoms with Crippen LogP contribution in [0, 0.1) is 17.8 Å². The molecular formula is C13H24N2O3. The van der Waals surface area contributed by atoms with Gasteiger partial charge in [-0.2, -0.15) is 0 Å². The first-order valence-electron chi connectivity index (χ1n) is 6.59. The van der Waals surface area contributed by atoms with Crippen LogP contribution in [0.4, 0.5) is 4.79 Å². The first-order valence-corrected chi connectivity index (χ1v) is 6.59. The molecule has 1 heterocycles. The molecule has 1 fully saturated rings. The highest BCUT2D eigenvalue weighted by molar-refractivity contribution is 5.82. The van der Waals surface area contributed by atoms with Crippen molar-refractivity contribution in [1.29, 1.82) is 0 Å². The molecule has 0 unspecified atom stereocenters. The Morgan fingerprint density at radius 1 is 1.22 bits per heavy atom. The molecule has 0 saturated carbocycles. The van der Waals surface area contributed by atoms with E-state index in [2.05, 4.69) is 19.2 Å². The maximum Gasteiger partial charge on any atom is 0.326 e. The third-order valence-corrected chi connectivity index (χ3v) is 3.37. The van der Waals surface area contributed by atoms with E-state index < -0.39 is 12.0 Å². The van der Waals surface area contributed by atoms with Crippen molar-refractivity contribution in [3.05, 3.63) is 0 Å². The smallest absolute Gasteiger partial charge is 0.326 e. The SMILES string of the molecule is CC(C)[C@H](NC(=O)N1C[C@H](C)C[C@@H](C)C1)C(=O)O. The zero-order valence-corrected chi connectivity index (χ0v) is 11.6. The van der Waals surface area contributed by atoms with E-state index in [1.54, 1.807) is 18.7 Å². The van der Waals surface area contributed by atoms with E-state index in [1.807, 2.05) is 0 Å². The lowest BCUT2D eigenvalue weighted by molar-refractivity contribution is -0.140. The van der Waals surface area contributed by atoms with Crippen LogP contribution in [0.5, 0.6) is 0 Å². The zero-order valence-electron chi connectivity index (χ0n) is 11.6. The lowest BCUT2D eigenvalue weighted by Gasteiger charge is -2.35. The lowest BCUT2D eigenvalue weighted by atomic mass is 9.92. The van der Waals surface area contributed by atoms with Crippen LogP contribution in [0.25, 0.3) is 0 Å². The van der Waals surface area contributed by atoms with Crippen LogP contribution in [0.2, 0.25) is 0 Å². The molecule has 0 aromatic rings. The van der Waals surface area contributed by atoms with E-state index in [0.717, 1.165) is 6.42 Å². The van der Waals surface area contributed by atoms with Crippen molar-refractivity contribution < 1.29 is 14.7 Å². The van der Waals surface area contributed by atoms with Crippen LogP contribution in [-0.2, 0) is 4.79 Å². The molecule has 0 spiro atoms. The Balaban J connectivity index is 2.61. The first kappa shape index (κ1) is 14.8. The number of carboxylic acid groups (broad SMARTS) is 1. The van der Waals surface area contributed by atoms with Crippen LogP contribution in [0.1, 0.15) is 34.1 Å². The molecule has 0 aromatic heterocycles. The number of hydrogen-bond acceptors (Lipinski definition) is 2. The van der Waals surface area contributed by atoms with Crippen LogP contribution in [0.15, 0.2) is 0 Å². The molecule has 0 bridgehead atoms. The van der Waals surface area contributed by atoms with Crippen LogP contribution < -0.4 is 5.32 Å². The number of piperidine rings is 1. The summed E-state index contributed by atoms with van der Waals surface area (Å²) < 4.78 is 0. The molecule has 0 aliphatic carbocycles. The number of amides is 2. The van der Waals surface area contributed by atoms with Gasteiger partial charge in [0.2, 0.25) is 0 Å². The predicted octanol–water partition coefficient (Wildman–Crippen LogP) is 1.78. The van der Waals surface area contributed by atoms with Gasteiger partial charge in [-0.15, -0.1) is 0 Å². The zero-order chi connectivity index (χ0) is 13.9. The number of carbonyl (C=O) groups is 2. The molecule has 18 heavy (non-hydrogen) atoms. The van der Waals surface area contributed by atoms with E-state index >= 15 is 0 Å². The standard InChI is InChI=1S/C13H24N2O3/c1-8(2)11(12(16)17)14-13(18)15-6-9(3)5-10(4)7-15/h8-11H,5-7H2,1-4H3,(H,14,18)(H,16,17)/t9-,10-,11+/m1/s1. The quantitative estimate of drug-likeness (QED) is 0.808. The molecule has 5 nitrogen and oxygen atoms in total. The number of carboxylic acids is 1. The second kappa shape index (κ2) is 6.07. The molecule has 104 valence electrons. The summed E-state index contributed by atoms with van der Waals surface area (Å²) in [5, 5.41) is 11.7. The summed E-state index contributed by atoms with van der Waals surface area (Å²) in [7, 11) is 0. The molecule has 1 rings (SSSR count). The van der Waals surface area contributed by atoms with Crippen molar-refractivity contribution in [2.75, 3.05) is 13.1 Å². The number of carbonyl (C=O) groups excluding carboxylic acids is 1. The fourth-order valence-corrected chi connectivity index (χ4v) is 2.57. The van der Waals surface area contributed by atoms with E-state index in [4.69, 9.17) is 5.11 Å². The second-order valence-corrected chi connectivity index (χ2v) is 5.86. The van der Waals surface area contributed by atoms with Gasteiger partial charge in [-0.3, -0.25) is 0 Å². The van der Waals surface area contributed by atoms with E-state index in [9.17, 15) is 9.59 Å². The molecule has 2 N–H and O–H groups in total. The van der Waals surface area contributed by atoms with Gasteiger partial charge in [0.1, 0.15) is 6.04 Å². The average molecular weight is 256 g/mol. The van der Waals surface area contributed by atoms with E-state index in [-0.39, 0.29) is 11.9 Å². The lowest BCUT2D eigenvalue weighted by Crippen LogP contribution is -2.53. The summed E-state index contributed by atoms with van der Waals surface area (Å²) >= 11 is 0. The monoisotopic (exact) mass is 256 g/mol. The van der Waals surface area contributed by atoms with Gasteiger partial charge in [0.25, 0.3) is 0 Å². The van der Waals surface area contributed by atoms with Crippen molar-refractivity contribution in [2.45, 2.75) is 40.2 Å². The molecule has 2 amide bonds. The average Bonchev–Trinajstić information content (AvgIpc) is 2.23.